The van der Waals surface area contributed by atoms with Gasteiger partial charge in [0, 0.05) is 29.3 Å². The number of carbonyl (C=O) groups excluding carboxylic acids is 2. The van der Waals surface area contributed by atoms with Gasteiger partial charge in [0.25, 0.3) is 5.91 Å². The van der Waals surface area contributed by atoms with Gasteiger partial charge in [0.15, 0.2) is 16.7 Å². The summed E-state index contributed by atoms with van der Waals surface area (Å²) < 4.78 is 11.1. The van der Waals surface area contributed by atoms with Gasteiger partial charge in [-0.1, -0.05) is 12.1 Å². The zero-order valence-electron chi connectivity index (χ0n) is 15.0. The maximum atomic E-state index is 12.7. The predicted octanol–water partition coefficient (Wildman–Crippen LogP) is 4.49. The highest BCUT2D eigenvalue weighted by atomic mass is 32.1. The van der Waals surface area contributed by atoms with Crippen LogP contribution < -0.4 is 10.1 Å². The van der Waals surface area contributed by atoms with Crippen molar-refractivity contribution in [2.24, 2.45) is 0 Å². The topological polar surface area (TPSA) is 81.4 Å². The van der Waals surface area contributed by atoms with Crippen LogP contribution in [-0.4, -0.2) is 23.8 Å². The van der Waals surface area contributed by atoms with Gasteiger partial charge in [-0.15, -0.1) is 11.3 Å². The van der Waals surface area contributed by atoms with Crippen LogP contribution in [0.15, 0.2) is 34.1 Å². The highest BCUT2D eigenvalue weighted by Crippen LogP contribution is 2.33. The summed E-state index contributed by atoms with van der Waals surface area (Å²) in [5.41, 5.74) is 2.75. The molecule has 1 amide bonds. The second-order valence-electron chi connectivity index (χ2n) is 6.32. The van der Waals surface area contributed by atoms with E-state index in [1.807, 2.05) is 29.6 Å². The SMILES string of the molecule is COc1ccccc1-c1csc(NC(=O)c2oc3c(c2C)C(=O)CCC3)n1. The second kappa shape index (κ2) is 7.00. The number of fused-ring (bicyclic) bond motifs is 1. The maximum Gasteiger partial charge on any atom is 0.293 e. The highest BCUT2D eigenvalue weighted by molar-refractivity contribution is 7.14. The van der Waals surface area contributed by atoms with Crippen molar-refractivity contribution in [1.82, 2.24) is 4.98 Å². The molecule has 0 fully saturated rings. The van der Waals surface area contributed by atoms with Crippen LogP contribution in [0.1, 0.15) is 45.1 Å². The summed E-state index contributed by atoms with van der Waals surface area (Å²) >= 11 is 1.32. The number of methoxy groups -OCH3 is 1. The normalized spacial score (nSPS) is 13.3. The molecule has 0 atom stereocenters. The van der Waals surface area contributed by atoms with Crippen LogP contribution in [0, 0.1) is 6.92 Å². The quantitative estimate of drug-likeness (QED) is 0.719. The van der Waals surface area contributed by atoms with Crippen LogP contribution in [0.2, 0.25) is 0 Å². The Bertz CT molecular complexity index is 1030. The lowest BCUT2D eigenvalue weighted by molar-refractivity contribution is 0.0963. The van der Waals surface area contributed by atoms with Crippen molar-refractivity contribution in [3.05, 3.63) is 52.3 Å². The molecule has 0 spiro atoms. The molecule has 2 heterocycles. The van der Waals surface area contributed by atoms with Gasteiger partial charge in [0.1, 0.15) is 11.5 Å². The molecule has 1 aromatic carbocycles. The standard InChI is InChI=1S/C20H18N2O4S/c1-11-17-14(23)7-5-9-16(17)26-18(11)19(24)22-20-21-13(10-27-20)12-6-3-4-8-15(12)25-2/h3-4,6,8,10H,5,7,9H2,1-2H3,(H,21,22,24). The molecule has 2 aromatic heterocycles. The number of nitrogens with one attached hydrogen (secondary N) is 1. The fourth-order valence-electron chi connectivity index (χ4n) is 3.33. The van der Waals surface area contributed by atoms with E-state index >= 15 is 0 Å². The predicted molar refractivity (Wildman–Crippen MR) is 103 cm³/mol. The molecule has 1 aliphatic rings. The number of anilines is 1. The van der Waals surface area contributed by atoms with E-state index in [0.717, 1.165) is 17.7 Å². The lowest BCUT2D eigenvalue weighted by Crippen LogP contribution is -2.13. The molecule has 0 bridgehead atoms. The van der Waals surface area contributed by atoms with Gasteiger partial charge in [-0.05, 0) is 25.5 Å². The van der Waals surface area contributed by atoms with E-state index in [-0.39, 0.29) is 11.5 Å². The van der Waals surface area contributed by atoms with Crippen molar-refractivity contribution in [2.45, 2.75) is 26.2 Å². The third-order valence-electron chi connectivity index (χ3n) is 4.62. The zero-order valence-corrected chi connectivity index (χ0v) is 15.8. The lowest BCUT2D eigenvalue weighted by Gasteiger charge is -2.07. The first-order valence-corrected chi connectivity index (χ1v) is 9.52. The molecule has 1 N–H and O–H groups in total. The number of amides is 1. The summed E-state index contributed by atoms with van der Waals surface area (Å²) in [6.07, 6.45) is 1.95. The fraction of sp³-hybridized carbons (Fsp3) is 0.250. The average Bonchev–Trinajstić information content (AvgIpc) is 3.27. The molecule has 0 radical (unpaired) electrons. The van der Waals surface area contributed by atoms with E-state index in [9.17, 15) is 9.59 Å². The molecule has 0 saturated heterocycles. The van der Waals surface area contributed by atoms with Crippen molar-refractivity contribution in [3.8, 4) is 17.0 Å². The molecule has 27 heavy (non-hydrogen) atoms. The Morgan fingerprint density at radius 2 is 2.11 bits per heavy atom. The maximum absolute atomic E-state index is 12.7. The van der Waals surface area contributed by atoms with Crippen molar-refractivity contribution in [2.75, 3.05) is 12.4 Å². The molecular formula is C20H18N2O4S. The van der Waals surface area contributed by atoms with Crippen molar-refractivity contribution in [1.29, 1.82) is 0 Å². The second-order valence-corrected chi connectivity index (χ2v) is 7.18. The van der Waals surface area contributed by atoms with Gasteiger partial charge in [-0.2, -0.15) is 0 Å². The van der Waals surface area contributed by atoms with E-state index < -0.39 is 5.91 Å². The monoisotopic (exact) mass is 382 g/mol. The number of aromatic nitrogens is 1. The summed E-state index contributed by atoms with van der Waals surface area (Å²) in [5.74, 6) is 1.17. The van der Waals surface area contributed by atoms with E-state index in [1.165, 1.54) is 11.3 Å². The summed E-state index contributed by atoms with van der Waals surface area (Å²) in [7, 11) is 1.61. The average molecular weight is 382 g/mol. The van der Waals surface area contributed by atoms with Gasteiger partial charge in [-0.25, -0.2) is 4.98 Å². The first-order valence-electron chi connectivity index (χ1n) is 8.64. The third-order valence-corrected chi connectivity index (χ3v) is 5.38. The number of ketones is 1. The Hall–Kier alpha value is -2.93. The molecule has 1 aliphatic carbocycles. The van der Waals surface area contributed by atoms with Crippen LogP contribution in [0.4, 0.5) is 5.13 Å². The number of carbonyl (C=O) groups is 2. The Kier molecular flexibility index (Phi) is 4.53. The van der Waals surface area contributed by atoms with Gasteiger partial charge < -0.3 is 9.15 Å². The molecule has 138 valence electrons. The first-order chi connectivity index (χ1) is 13.1. The molecule has 7 heteroatoms. The Labute approximate surface area is 160 Å². The number of benzene rings is 1. The van der Waals surface area contributed by atoms with E-state index in [1.54, 1.807) is 14.0 Å². The summed E-state index contributed by atoms with van der Waals surface area (Å²) in [5, 5.41) is 5.09. The highest BCUT2D eigenvalue weighted by Gasteiger charge is 2.29. The van der Waals surface area contributed by atoms with Crippen LogP contribution in [-0.2, 0) is 6.42 Å². The molecule has 0 unspecified atom stereocenters. The van der Waals surface area contributed by atoms with E-state index in [4.69, 9.17) is 9.15 Å². The first kappa shape index (κ1) is 17.5. The number of aryl methyl sites for hydroxylation is 1. The Balaban J connectivity index is 1.58. The van der Waals surface area contributed by atoms with Gasteiger partial charge >= 0.3 is 0 Å². The van der Waals surface area contributed by atoms with Crippen LogP contribution in [0.5, 0.6) is 5.75 Å². The third kappa shape index (κ3) is 3.14. The zero-order chi connectivity index (χ0) is 19.0. The smallest absolute Gasteiger partial charge is 0.293 e. The molecule has 3 aromatic rings. The van der Waals surface area contributed by atoms with Crippen LogP contribution >= 0.6 is 11.3 Å². The summed E-state index contributed by atoms with van der Waals surface area (Å²) in [6, 6.07) is 7.57. The molecule has 4 rings (SSSR count). The fourth-order valence-corrected chi connectivity index (χ4v) is 4.04. The number of nitrogens with zero attached hydrogens (tertiary/aromatic N) is 1. The van der Waals surface area contributed by atoms with Gasteiger partial charge in [0.2, 0.25) is 0 Å². The van der Waals surface area contributed by atoms with Crippen molar-refractivity contribution in [3.63, 3.8) is 0 Å². The van der Waals surface area contributed by atoms with Crippen molar-refractivity contribution >= 4 is 28.2 Å². The number of furan rings is 1. The summed E-state index contributed by atoms with van der Waals surface area (Å²) in [6.45, 7) is 1.75. The molecule has 6 nitrogen and oxygen atoms in total. The van der Waals surface area contributed by atoms with E-state index in [0.29, 0.717) is 40.6 Å². The number of rotatable bonds is 4. The minimum absolute atomic E-state index is 0.0456. The number of Topliss-reactive ketones (excluding diaryl/α,β-unsaturated/α-hetero) is 1. The molecule has 0 aliphatic heterocycles. The molecule has 0 saturated carbocycles. The molecular weight excluding hydrogens is 364 g/mol. The van der Waals surface area contributed by atoms with Crippen LogP contribution in [0.25, 0.3) is 11.3 Å². The Morgan fingerprint density at radius 1 is 1.30 bits per heavy atom. The number of para-hydroxylation sites is 1. The number of hydrogen-bond donors (Lipinski definition) is 1. The van der Waals surface area contributed by atoms with Gasteiger partial charge in [0.05, 0.1) is 18.4 Å². The minimum Gasteiger partial charge on any atom is -0.496 e. The van der Waals surface area contributed by atoms with Gasteiger partial charge in [-0.3, -0.25) is 14.9 Å². The number of ether oxygens (including phenoxy) is 1. The van der Waals surface area contributed by atoms with E-state index in [2.05, 4.69) is 10.3 Å². The van der Waals surface area contributed by atoms with Crippen LogP contribution in [0.3, 0.4) is 0 Å². The van der Waals surface area contributed by atoms with Crippen molar-refractivity contribution < 1.29 is 18.7 Å². The summed E-state index contributed by atoms with van der Waals surface area (Å²) in [4.78, 5) is 29.2. The number of thiazole rings is 1. The minimum atomic E-state index is -0.393. The lowest BCUT2D eigenvalue weighted by atomic mass is 9.94. The Morgan fingerprint density at radius 3 is 2.89 bits per heavy atom. The number of hydrogen-bond acceptors (Lipinski definition) is 6. The largest absolute Gasteiger partial charge is 0.496 e.